The molecule has 0 unspecified atom stereocenters. The minimum absolute atomic E-state index is 0.0158. The van der Waals surface area contributed by atoms with Gasteiger partial charge in [0, 0.05) is 38.3 Å². The summed E-state index contributed by atoms with van der Waals surface area (Å²) in [5, 5.41) is 10.1. The summed E-state index contributed by atoms with van der Waals surface area (Å²) in [5.74, 6) is 0.249. The van der Waals surface area contributed by atoms with E-state index in [4.69, 9.17) is 4.52 Å². The fourth-order valence-electron chi connectivity index (χ4n) is 6.39. The van der Waals surface area contributed by atoms with Crippen LogP contribution in [0.3, 0.4) is 0 Å². The Balaban J connectivity index is 1.11. The van der Waals surface area contributed by atoms with Crippen LogP contribution >= 0.6 is 0 Å². The van der Waals surface area contributed by atoms with Gasteiger partial charge in [0.15, 0.2) is 0 Å². The van der Waals surface area contributed by atoms with Gasteiger partial charge < -0.3 is 25.0 Å². The van der Waals surface area contributed by atoms with Crippen molar-refractivity contribution in [1.82, 2.24) is 25.6 Å². The van der Waals surface area contributed by atoms with E-state index in [2.05, 4.69) is 51.9 Å². The van der Waals surface area contributed by atoms with E-state index in [0.717, 1.165) is 38.0 Å². The van der Waals surface area contributed by atoms with Crippen LogP contribution in [0, 0.1) is 6.92 Å². The molecule has 228 valence electrons. The van der Waals surface area contributed by atoms with E-state index in [0.29, 0.717) is 62.2 Å². The summed E-state index contributed by atoms with van der Waals surface area (Å²) >= 11 is 0. The van der Waals surface area contributed by atoms with Gasteiger partial charge in [0.25, 0.3) is 5.91 Å². The second-order valence-corrected chi connectivity index (χ2v) is 11.7. The summed E-state index contributed by atoms with van der Waals surface area (Å²) in [6.07, 6.45) is 5.03. The van der Waals surface area contributed by atoms with Gasteiger partial charge >= 0.3 is 0 Å². The molecule has 9 nitrogen and oxygen atoms in total. The molecule has 3 aromatic rings. The first-order valence-corrected chi connectivity index (χ1v) is 15.6. The van der Waals surface area contributed by atoms with Crippen molar-refractivity contribution in [3.05, 3.63) is 77.6 Å². The molecule has 0 aliphatic carbocycles. The lowest BCUT2D eigenvalue weighted by Crippen LogP contribution is -2.72. The number of aryl methyl sites for hydroxylation is 1. The first-order chi connectivity index (χ1) is 20.9. The summed E-state index contributed by atoms with van der Waals surface area (Å²) in [6, 6.07) is 19.4. The molecule has 3 amide bonds. The minimum Gasteiger partial charge on any atom is -0.360 e. The molecule has 2 aliphatic heterocycles. The van der Waals surface area contributed by atoms with Crippen LogP contribution in [0.4, 0.5) is 0 Å². The second kappa shape index (κ2) is 14.0. The smallest absolute Gasteiger partial charge is 0.257 e. The molecule has 0 radical (unpaired) electrons. The molecule has 2 N–H and O–H groups in total. The molecular weight excluding hydrogens is 542 g/mol. The first kappa shape index (κ1) is 30.5. The van der Waals surface area contributed by atoms with E-state index in [9.17, 15) is 14.4 Å². The molecule has 2 aliphatic rings. The maximum Gasteiger partial charge on any atom is 0.257 e. The number of carbonyl (C=O) groups excluding carboxylic acids is 3. The van der Waals surface area contributed by atoms with Gasteiger partial charge in [-0.05, 0) is 57.4 Å². The van der Waals surface area contributed by atoms with E-state index < -0.39 is 11.6 Å². The number of rotatable bonds is 12. The second-order valence-electron chi connectivity index (χ2n) is 11.7. The van der Waals surface area contributed by atoms with Gasteiger partial charge in [-0.1, -0.05) is 72.7 Å². The molecular formula is C34H43N5O4. The average Bonchev–Trinajstić information content (AvgIpc) is 3.43. The predicted octanol–water partition coefficient (Wildman–Crippen LogP) is 4.36. The largest absolute Gasteiger partial charge is 0.360 e. The zero-order valence-corrected chi connectivity index (χ0v) is 25.3. The van der Waals surface area contributed by atoms with Gasteiger partial charge in [0.2, 0.25) is 11.8 Å². The van der Waals surface area contributed by atoms with Crippen LogP contribution in [0.2, 0.25) is 0 Å². The van der Waals surface area contributed by atoms with Crippen LogP contribution in [-0.2, 0) is 16.0 Å². The number of carbonyl (C=O) groups is 3. The van der Waals surface area contributed by atoms with Crippen LogP contribution in [-0.4, -0.2) is 77.0 Å². The predicted molar refractivity (Wildman–Crippen MR) is 165 cm³/mol. The maximum atomic E-state index is 13.7. The van der Waals surface area contributed by atoms with Crippen LogP contribution in [0.15, 0.2) is 65.2 Å². The molecule has 5 rings (SSSR count). The van der Waals surface area contributed by atoms with Gasteiger partial charge in [-0.2, -0.15) is 0 Å². The standard InChI is InChI=1S/C34H43N5O4/c1-3-21-39-32(41)28(36-33(42)34(39)18-23-38(24-19-34)22-17-26-12-6-4-7-13-26)16-10-11-20-35-31(40)29-25(2)43-37-30(29)27-14-8-5-9-15-27/h4-9,12-15,28H,3,10-11,16-24H2,1-2H3,(H,35,40)(H,36,42)/t28-/m0/s1. The van der Waals surface area contributed by atoms with E-state index in [1.807, 2.05) is 41.3 Å². The van der Waals surface area contributed by atoms with Crippen molar-refractivity contribution in [3.8, 4) is 11.3 Å². The molecule has 0 bridgehead atoms. The van der Waals surface area contributed by atoms with Crippen LogP contribution in [0.25, 0.3) is 11.3 Å². The fraction of sp³-hybridized carbons (Fsp3) is 0.471. The summed E-state index contributed by atoms with van der Waals surface area (Å²) in [5.41, 5.74) is 2.34. The number of benzene rings is 2. The molecule has 1 aromatic heterocycles. The van der Waals surface area contributed by atoms with Gasteiger partial charge in [0.1, 0.15) is 28.6 Å². The maximum absolute atomic E-state index is 13.7. The van der Waals surface area contributed by atoms with Crippen molar-refractivity contribution in [2.24, 2.45) is 0 Å². The number of hydrogen-bond acceptors (Lipinski definition) is 6. The van der Waals surface area contributed by atoms with E-state index in [-0.39, 0.29) is 17.7 Å². The van der Waals surface area contributed by atoms with Crippen molar-refractivity contribution >= 4 is 17.7 Å². The van der Waals surface area contributed by atoms with Gasteiger partial charge in [0.05, 0.1) is 0 Å². The van der Waals surface area contributed by atoms with Gasteiger partial charge in [-0.25, -0.2) is 0 Å². The van der Waals surface area contributed by atoms with Crippen molar-refractivity contribution in [1.29, 1.82) is 0 Å². The monoisotopic (exact) mass is 585 g/mol. The molecule has 2 aromatic carbocycles. The first-order valence-electron chi connectivity index (χ1n) is 15.6. The summed E-state index contributed by atoms with van der Waals surface area (Å²) in [7, 11) is 0. The number of hydrogen-bond donors (Lipinski definition) is 2. The van der Waals surface area contributed by atoms with E-state index in [1.54, 1.807) is 6.92 Å². The minimum atomic E-state index is -0.756. The Morgan fingerprint density at radius 2 is 1.72 bits per heavy atom. The summed E-state index contributed by atoms with van der Waals surface area (Å²) < 4.78 is 5.32. The van der Waals surface area contributed by atoms with E-state index in [1.165, 1.54) is 5.56 Å². The highest BCUT2D eigenvalue weighted by atomic mass is 16.5. The molecule has 0 saturated carbocycles. The fourth-order valence-corrected chi connectivity index (χ4v) is 6.39. The molecule has 1 atom stereocenters. The van der Waals surface area contributed by atoms with Crippen LogP contribution in [0.5, 0.6) is 0 Å². The molecule has 2 saturated heterocycles. The average molecular weight is 586 g/mol. The lowest BCUT2D eigenvalue weighted by atomic mass is 9.81. The lowest BCUT2D eigenvalue weighted by Gasteiger charge is -2.51. The quantitative estimate of drug-likeness (QED) is 0.306. The Hall–Kier alpha value is -3.98. The van der Waals surface area contributed by atoms with Crippen LogP contribution in [0.1, 0.15) is 67.1 Å². The highest BCUT2D eigenvalue weighted by Gasteiger charge is 2.53. The third-order valence-corrected chi connectivity index (χ3v) is 8.84. The third-order valence-electron chi connectivity index (χ3n) is 8.84. The van der Waals surface area contributed by atoms with Crippen molar-refractivity contribution in [2.45, 2.75) is 70.4 Å². The molecule has 1 spiro atoms. The summed E-state index contributed by atoms with van der Waals surface area (Å²) in [4.78, 5) is 44.5. The normalized spacial score (nSPS) is 18.6. The third kappa shape index (κ3) is 6.82. The molecule has 3 heterocycles. The molecule has 43 heavy (non-hydrogen) atoms. The van der Waals surface area contributed by atoms with Crippen molar-refractivity contribution in [3.63, 3.8) is 0 Å². The SMILES string of the molecule is CCCN1C(=O)[C@H](CCCCNC(=O)c2c(-c3ccccc3)noc2C)NC(=O)C12CCN(CCc1ccccc1)CC2. The Morgan fingerprint density at radius 1 is 1.02 bits per heavy atom. The Kier molecular flexibility index (Phi) is 9.92. The number of unbranched alkanes of at least 4 members (excludes halogenated alkanes) is 1. The van der Waals surface area contributed by atoms with E-state index >= 15 is 0 Å². The number of nitrogens with zero attached hydrogens (tertiary/aromatic N) is 3. The number of likely N-dealkylation sites (tertiary alicyclic amines) is 1. The summed E-state index contributed by atoms with van der Waals surface area (Å²) in [6.45, 7) is 7.38. The Labute approximate surface area is 254 Å². The highest BCUT2D eigenvalue weighted by Crippen LogP contribution is 2.34. The Morgan fingerprint density at radius 3 is 2.42 bits per heavy atom. The lowest BCUT2D eigenvalue weighted by molar-refractivity contribution is -0.161. The molecule has 2 fully saturated rings. The number of amides is 3. The molecule has 9 heteroatoms. The number of nitrogens with one attached hydrogen (secondary N) is 2. The van der Waals surface area contributed by atoms with Crippen molar-refractivity contribution < 1.29 is 18.9 Å². The van der Waals surface area contributed by atoms with Crippen LogP contribution < -0.4 is 10.6 Å². The van der Waals surface area contributed by atoms with Gasteiger partial charge in [-0.3, -0.25) is 14.4 Å². The number of piperazine rings is 1. The zero-order valence-electron chi connectivity index (χ0n) is 25.3. The number of aromatic nitrogens is 1. The Bertz CT molecular complexity index is 1380. The van der Waals surface area contributed by atoms with Crippen molar-refractivity contribution in [2.75, 3.05) is 32.7 Å². The highest BCUT2D eigenvalue weighted by molar-refractivity contribution is 6.01. The number of piperidine rings is 1. The van der Waals surface area contributed by atoms with Gasteiger partial charge in [-0.15, -0.1) is 0 Å². The topological polar surface area (TPSA) is 108 Å². The zero-order chi connectivity index (χ0) is 30.2.